The Labute approximate surface area is 250 Å². The summed E-state index contributed by atoms with van der Waals surface area (Å²) in [5.74, 6) is 6.61. The van der Waals surface area contributed by atoms with Crippen molar-refractivity contribution in [3.63, 3.8) is 0 Å². The predicted octanol–water partition coefficient (Wildman–Crippen LogP) is 6.24. The van der Waals surface area contributed by atoms with E-state index in [2.05, 4.69) is 6.26 Å². The molecule has 0 heterocycles. The zero-order chi connectivity index (χ0) is 28.4. The van der Waals surface area contributed by atoms with Crippen LogP contribution in [0, 0.1) is 11.8 Å². The minimum Gasteiger partial charge on any atom is -0.493 e. The molecule has 10 heteroatoms. The monoisotopic (exact) mass is 608 g/mol. The van der Waals surface area contributed by atoms with Gasteiger partial charge in [0.15, 0.2) is 0 Å². The van der Waals surface area contributed by atoms with Crippen LogP contribution in [-0.4, -0.2) is 73.9 Å². The van der Waals surface area contributed by atoms with Gasteiger partial charge in [-0.25, -0.2) is 0 Å². The van der Waals surface area contributed by atoms with E-state index in [1.54, 1.807) is 55.3 Å². The second-order valence-corrected chi connectivity index (χ2v) is 12.7. The van der Waals surface area contributed by atoms with Crippen molar-refractivity contribution in [3.05, 3.63) is 48.5 Å². The van der Waals surface area contributed by atoms with E-state index >= 15 is 0 Å². The van der Waals surface area contributed by atoms with Crippen LogP contribution in [0.1, 0.15) is 25.7 Å². The highest BCUT2D eigenvalue weighted by atomic mass is 32.2. The van der Waals surface area contributed by atoms with Gasteiger partial charge in [-0.3, -0.25) is 9.59 Å². The van der Waals surface area contributed by atoms with Crippen LogP contribution in [0.4, 0.5) is 0 Å². The predicted molar refractivity (Wildman–Crippen MR) is 165 cm³/mol. The van der Waals surface area contributed by atoms with Crippen LogP contribution < -0.4 is 18.9 Å². The Morgan fingerprint density at radius 1 is 0.625 bits per heavy atom. The Bertz CT molecular complexity index is 912. The molecule has 1 fully saturated rings. The lowest BCUT2D eigenvalue weighted by Crippen LogP contribution is -2.30. The van der Waals surface area contributed by atoms with Gasteiger partial charge in [-0.05, 0) is 80.5 Å². The van der Waals surface area contributed by atoms with Gasteiger partial charge in [-0.2, -0.15) is 35.3 Å². The Morgan fingerprint density at radius 2 is 1.02 bits per heavy atom. The Balaban J connectivity index is 1.32. The first-order valence-corrected chi connectivity index (χ1v) is 17.3. The van der Waals surface area contributed by atoms with Crippen molar-refractivity contribution in [1.29, 1.82) is 0 Å². The third-order valence-corrected chi connectivity index (χ3v) is 9.06. The SMILES string of the molecule is COCCSCCOc1ccc(OC(=O)[C@H]2CC[C@H](C(=O)Oc3ccc(OCCSCCSC)cc3)CC2)cc1. The van der Waals surface area contributed by atoms with Crippen LogP contribution >= 0.6 is 35.3 Å². The summed E-state index contributed by atoms with van der Waals surface area (Å²) in [4.78, 5) is 25.4. The number of hydrogen-bond donors (Lipinski definition) is 0. The Kier molecular flexibility index (Phi) is 15.6. The molecule has 1 aliphatic carbocycles. The quantitative estimate of drug-likeness (QED) is 0.110. The maximum atomic E-state index is 12.7. The molecule has 0 spiro atoms. The van der Waals surface area contributed by atoms with Gasteiger partial charge in [0.25, 0.3) is 0 Å². The van der Waals surface area contributed by atoms with E-state index in [9.17, 15) is 9.59 Å². The fourth-order valence-electron chi connectivity index (χ4n) is 4.10. The van der Waals surface area contributed by atoms with E-state index in [1.165, 1.54) is 0 Å². The lowest BCUT2D eigenvalue weighted by molar-refractivity contribution is -0.145. The van der Waals surface area contributed by atoms with Crippen LogP contribution in [-0.2, 0) is 14.3 Å². The molecule has 7 nitrogen and oxygen atoms in total. The summed E-state index contributed by atoms with van der Waals surface area (Å²) in [6.45, 7) is 2.00. The molecule has 2 aromatic rings. The average molecular weight is 609 g/mol. The number of ether oxygens (including phenoxy) is 5. The lowest BCUT2D eigenvalue weighted by atomic mass is 9.82. The number of benzene rings is 2. The van der Waals surface area contributed by atoms with Gasteiger partial charge in [-0.15, -0.1) is 0 Å². The van der Waals surface area contributed by atoms with E-state index in [4.69, 9.17) is 23.7 Å². The summed E-state index contributed by atoms with van der Waals surface area (Å²) >= 11 is 5.50. The van der Waals surface area contributed by atoms with Crippen molar-refractivity contribution < 1.29 is 33.3 Å². The first kappa shape index (κ1) is 32.5. The number of methoxy groups -OCH3 is 1. The molecule has 0 N–H and O–H groups in total. The fourth-order valence-corrected chi connectivity index (χ4v) is 6.33. The molecule has 1 aliphatic rings. The molecule has 3 rings (SSSR count). The van der Waals surface area contributed by atoms with E-state index in [0.717, 1.165) is 46.9 Å². The summed E-state index contributed by atoms with van der Waals surface area (Å²) in [7, 11) is 1.70. The average Bonchev–Trinajstić information content (AvgIpc) is 2.98. The van der Waals surface area contributed by atoms with Gasteiger partial charge in [0, 0.05) is 35.9 Å². The molecular weight excluding hydrogens is 569 g/mol. The van der Waals surface area contributed by atoms with E-state index in [0.29, 0.717) is 50.4 Å². The summed E-state index contributed by atoms with van der Waals surface area (Å²) in [5.41, 5.74) is 0. The number of esters is 2. The van der Waals surface area contributed by atoms with Crippen LogP contribution in [0.2, 0.25) is 0 Å². The molecule has 220 valence electrons. The van der Waals surface area contributed by atoms with Gasteiger partial charge in [0.05, 0.1) is 31.7 Å². The first-order chi connectivity index (χ1) is 19.6. The van der Waals surface area contributed by atoms with Crippen molar-refractivity contribution in [2.75, 3.05) is 62.0 Å². The minimum atomic E-state index is -0.256. The van der Waals surface area contributed by atoms with Crippen LogP contribution in [0.3, 0.4) is 0 Å². The highest BCUT2D eigenvalue weighted by molar-refractivity contribution is 8.02. The fraction of sp³-hybridized carbons (Fsp3) is 0.533. The van der Waals surface area contributed by atoms with E-state index in [-0.39, 0.29) is 23.8 Å². The normalized spacial score (nSPS) is 16.8. The summed E-state index contributed by atoms with van der Waals surface area (Å²) in [6.07, 6.45) is 4.51. The Hall–Kier alpha value is -2.01. The van der Waals surface area contributed by atoms with E-state index in [1.807, 2.05) is 35.7 Å². The number of rotatable bonds is 18. The molecule has 0 atom stereocenters. The molecule has 0 aliphatic heterocycles. The molecular formula is C30H40O7S3. The summed E-state index contributed by atoms with van der Waals surface area (Å²) < 4.78 is 27.7. The molecule has 1 saturated carbocycles. The molecule has 0 radical (unpaired) electrons. The molecule has 0 amide bonds. The summed E-state index contributed by atoms with van der Waals surface area (Å²) in [6, 6.07) is 14.3. The van der Waals surface area contributed by atoms with E-state index < -0.39 is 0 Å². The molecule has 0 aromatic heterocycles. The molecule has 40 heavy (non-hydrogen) atoms. The second kappa shape index (κ2) is 19.2. The summed E-state index contributed by atoms with van der Waals surface area (Å²) in [5, 5.41) is 0. The molecule has 2 aromatic carbocycles. The highest BCUT2D eigenvalue weighted by Gasteiger charge is 2.32. The van der Waals surface area contributed by atoms with Crippen molar-refractivity contribution in [2.24, 2.45) is 11.8 Å². The third kappa shape index (κ3) is 12.2. The minimum absolute atomic E-state index is 0.220. The largest absolute Gasteiger partial charge is 0.493 e. The Morgan fingerprint density at radius 3 is 1.45 bits per heavy atom. The maximum absolute atomic E-state index is 12.7. The number of carbonyl (C=O) groups is 2. The van der Waals surface area contributed by atoms with Crippen molar-refractivity contribution in [3.8, 4) is 23.0 Å². The number of carbonyl (C=O) groups excluding carboxylic acids is 2. The van der Waals surface area contributed by atoms with Gasteiger partial charge >= 0.3 is 11.9 Å². The zero-order valence-corrected chi connectivity index (χ0v) is 25.8. The first-order valence-electron chi connectivity index (χ1n) is 13.6. The standard InChI is InChI=1S/C30H40O7S3/c1-33-15-18-39-19-16-34-25-7-11-27(12-8-25)36-29(31)23-3-5-24(6-4-23)30(32)37-28-13-9-26(10-14-28)35-17-20-40-22-21-38-2/h7-14,23-24H,3-6,15-22H2,1-2H3/t23-,24-. The third-order valence-electron chi connectivity index (χ3n) is 6.33. The lowest BCUT2D eigenvalue weighted by Gasteiger charge is -2.25. The second-order valence-electron chi connectivity index (χ2n) is 9.24. The number of hydrogen-bond acceptors (Lipinski definition) is 10. The molecule has 0 bridgehead atoms. The van der Waals surface area contributed by atoms with Crippen LogP contribution in [0.15, 0.2) is 48.5 Å². The van der Waals surface area contributed by atoms with Crippen molar-refractivity contribution >= 4 is 47.2 Å². The van der Waals surface area contributed by atoms with Crippen LogP contribution in [0.25, 0.3) is 0 Å². The van der Waals surface area contributed by atoms with Crippen molar-refractivity contribution in [1.82, 2.24) is 0 Å². The van der Waals surface area contributed by atoms with Gasteiger partial charge < -0.3 is 23.7 Å². The van der Waals surface area contributed by atoms with Crippen molar-refractivity contribution in [2.45, 2.75) is 25.7 Å². The zero-order valence-electron chi connectivity index (χ0n) is 23.3. The molecule has 0 saturated heterocycles. The van der Waals surface area contributed by atoms with Gasteiger partial charge in [0.2, 0.25) is 0 Å². The number of thioether (sulfide) groups is 3. The van der Waals surface area contributed by atoms with Crippen LogP contribution in [0.5, 0.6) is 23.0 Å². The maximum Gasteiger partial charge on any atom is 0.314 e. The smallest absolute Gasteiger partial charge is 0.314 e. The highest BCUT2D eigenvalue weighted by Crippen LogP contribution is 2.32. The topological polar surface area (TPSA) is 80.3 Å². The molecule has 0 unspecified atom stereocenters. The van der Waals surface area contributed by atoms with Gasteiger partial charge in [-0.1, -0.05) is 0 Å². The van der Waals surface area contributed by atoms with Gasteiger partial charge in [0.1, 0.15) is 23.0 Å².